The lowest BCUT2D eigenvalue weighted by Crippen LogP contribution is -2.31. The molecule has 1 aliphatic carbocycles. The van der Waals surface area contributed by atoms with Gasteiger partial charge in [-0.1, -0.05) is 5.57 Å². The normalized spacial score (nSPS) is 16.1. The minimum absolute atomic E-state index is 0.0723. The summed E-state index contributed by atoms with van der Waals surface area (Å²) < 4.78 is 1.68. The molecule has 1 aromatic heterocycles. The van der Waals surface area contributed by atoms with E-state index in [2.05, 4.69) is 29.0 Å². The third kappa shape index (κ3) is 3.75. The predicted octanol–water partition coefficient (Wildman–Crippen LogP) is 2.79. The van der Waals surface area contributed by atoms with E-state index in [9.17, 15) is 4.79 Å². The van der Waals surface area contributed by atoms with Crippen molar-refractivity contribution in [3.63, 3.8) is 0 Å². The van der Waals surface area contributed by atoms with E-state index in [0.717, 1.165) is 29.7 Å². The summed E-state index contributed by atoms with van der Waals surface area (Å²) in [4.78, 5) is 18.8. The quantitative estimate of drug-likeness (QED) is 0.496. The van der Waals surface area contributed by atoms with Gasteiger partial charge in [-0.15, -0.1) is 0 Å². The summed E-state index contributed by atoms with van der Waals surface area (Å²) >= 11 is 0. The van der Waals surface area contributed by atoms with Crippen molar-refractivity contribution in [1.82, 2.24) is 15.1 Å². The number of carbonyl (C=O) groups is 1. The fourth-order valence-electron chi connectivity index (χ4n) is 2.58. The van der Waals surface area contributed by atoms with Gasteiger partial charge in [0.25, 0.3) is 5.91 Å². The zero-order valence-corrected chi connectivity index (χ0v) is 15.5. The lowest BCUT2D eigenvalue weighted by atomic mass is 10.0. The van der Waals surface area contributed by atoms with Crippen LogP contribution in [0, 0.1) is 0 Å². The Morgan fingerprint density at radius 3 is 2.46 bits per heavy atom. The molecule has 0 saturated heterocycles. The minimum Gasteiger partial charge on any atom is -0.365 e. The van der Waals surface area contributed by atoms with Crippen LogP contribution in [-0.2, 0) is 11.8 Å². The summed E-state index contributed by atoms with van der Waals surface area (Å²) in [5.74, 6) is 0.600. The fourth-order valence-corrected chi connectivity index (χ4v) is 2.58. The van der Waals surface area contributed by atoms with Gasteiger partial charge >= 0.3 is 0 Å². The number of likely N-dealkylation sites (N-methyl/N-ethyl adjacent to an activating group) is 1. The molecule has 1 amide bonds. The largest absolute Gasteiger partial charge is 0.365 e. The second-order valence-corrected chi connectivity index (χ2v) is 6.93. The summed E-state index contributed by atoms with van der Waals surface area (Å²) in [5, 5.41) is 7.55. The van der Waals surface area contributed by atoms with Crippen LogP contribution < -0.4 is 10.2 Å². The molecular weight excluding hydrogens is 302 g/mol. The average molecular weight is 329 g/mol. The highest BCUT2D eigenvalue weighted by Gasteiger charge is 2.38. The third-order valence-corrected chi connectivity index (χ3v) is 4.41. The molecule has 0 aliphatic heterocycles. The second-order valence-electron chi connectivity index (χ2n) is 6.93. The van der Waals surface area contributed by atoms with E-state index in [0.29, 0.717) is 11.4 Å². The SMILES string of the molecule is C=N/C(NC1(C)CC1)=C(\C)C(C(=O)N(C)c1cnn(C)c1)=C(C)C. The van der Waals surface area contributed by atoms with Crippen LogP contribution in [0.1, 0.15) is 40.5 Å². The molecule has 0 bridgehead atoms. The molecule has 24 heavy (non-hydrogen) atoms. The number of amides is 1. The van der Waals surface area contributed by atoms with E-state index in [1.165, 1.54) is 0 Å². The number of aliphatic imine (C=N–C) groups is 1. The highest BCUT2D eigenvalue weighted by atomic mass is 16.2. The van der Waals surface area contributed by atoms with Crippen LogP contribution in [0.3, 0.4) is 0 Å². The van der Waals surface area contributed by atoms with Gasteiger partial charge in [0.2, 0.25) is 0 Å². The summed E-state index contributed by atoms with van der Waals surface area (Å²) in [7, 11) is 3.58. The highest BCUT2D eigenvalue weighted by molar-refractivity contribution is 6.08. The van der Waals surface area contributed by atoms with Crippen molar-refractivity contribution in [2.75, 3.05) is 11.9 Å². The molecular formula is C18H27N5O. The number of hydrogen-bond acceptors (Lipinski definition) is 4. The van der Waals surface area contributed by atoms with Crippen molar-refractivity contribution in [2.24, 2.45) is 12.0 Å². The van der Waals surface area contributed by atoms with Gasteiger partial charge in [-0.3, -0.25) is 9.48 Å². The van der Waals surface area contributed by atoms with Gasteiger partial charge in [-0.2, -0.15) is 5.10 Å². The molecule has 1 fully saturated rings. The van der Waals surface area contributed by atoms with Gasteiger partial charge in [0.1, 0.15) is 5.82 Å². The number of nitrogens with one attached hydrogen (secondary N) is 1. The molecule has 1 N–H and O–H groups in total. The molecule has 6 nitrogen and oxygen atoms in total. The standard InChI is InChI=1S/C18H27N5O/c1-12(2)15(13(3)16(19-5)21-18(4)8-9-18)17(24)23(7)14-10-20-22(6)11-14/h10-11,21H,5,8-9H2,1-4,6-7H3/b16-13-. The average Bonchev–Trinajstić information content (AvgIpc) is 3.08. The van der Waals surface area contributed by atoms with Gasteiger partial charge in [0, 0.05) is 37.0 Å². The molecule has 1 heterocycles. The van der Waals surface area contributed by atoms with Gasteiger partial charge < -0.3 is 10.2 Å². The highest BCUT2D eigenvalue weighted by Crippen LogP contribution is 2.36. The van der Waals surface area contributed by atoms with Crippen molar-refractivity contribution < 1.29 is 4.79 Å². The number of nitrogens with zero attached hydrogens (tertiary/aromatic N) is 4. The fraction of sp³-hybridized carbons (Fsp3) is 0.500. The molecule has 0 aromatic carbocycles. The molecule has 0 unspecified atom stereocenters. The first-order valence-electron chi connectivity index (χ1n) is 8.09. The Bertz CT molecular complexity index is 718. The molecule has 0 radical (unpaired) electrons. The van der Waals surface area contributed by atoms with Crippen LogP contribution in [0.4, 0.5) is 5.69 Å². The van der Waals surface area contributed by atoms with Crippen LogP contribution in [0.2, 0.25) is 0 Å². The zero-order valence-electron chi connectivity index (χ0n) is 15.5. The van der Waals surface area contributed by atoms with Crippen LogP contribution in [0.15, 0.2) is 39.9 Å². The van der Waals surface area contributed by atoms with Crippen LogP contribution in [0.5, 0.6) is 0 Å². The van der Waals surface area contributed by atoms with Crippen molar-refractivity contribution in [2.45, 2.75) is 46.1 Å². The van der Waals surface area contributed by atoms with E-state index in [4.69, 9.17) is 0 Å². The molecule has 1 aromatic rings. The van der Waals surface area contributed by atoms with Crippen molar-refractivity contribution in [3.8, 4) is 0 Å². The van der Waals surface area contributed by atoms with Gasteiger partial charge in [-0.05, 0) is 47.3 Å². The summed E-state index contributed by atoms with van der Waals surface area (Å²) in [6.45, 7) is 11.6. The molecule has 0 atom stereocenters. The molecule has 1 aliphatic rings. The lowest BCUT2D eigenvalue weighted by Gasteiger charge is -2.22. The summed E-state index contributed by atoms with van der Waals surface area (Å²) in [6, 6.07) is 0. The maximum Gasteiger partial charge on any atom is 0.258 e. The molecule has 130 valence electrons. The number of hydrogen-bond donors (Lipinski definition) is 1. The maximum absolute atomic E-state index is 13.0. The molecule has 1 saturated carbocycles. The van der Waals surface area contributed by atoms with E-state index < -0.39 is 0 Å². The number of allylic oxidation sites excluding steroid dienone is 1. The summed E-state index contributed by atoms with van der Waals surface area (Å²) in [5.41, 5.74) is 3.24. The van der Waals surface area contributed by atoms with Gasteiger partial charge in [0.05, 0.1) is 11.9 Å². The van der Waals surface area contributed by atoms with Crippen molar-refractivity contribution >= 4 is 18.3 Å². The first-order chi connectivity index (χ1) is 11.2. The smallest absolute Gasteiger partial charge is 0.258 e. The summed E-state index contributed by atoms with van der Waals surface area (Å²) in [6.07, 6.45) is 5.70. The van der Waals surface area contributed by atoms with E-state index in [1.54, 1.807) is 22.8 Å². The molecule has 0 spiro atoms. The monoisotopic (exact) mass is 329 g/mol. The molecule has 2 rings (SSSR count). The number of aryl methyl sites for hydroxylation is 1. The topological polar surface area (TPSA) is 62.5 Å². The van der Waals surface area contributed by atoms with Crippen molar-refractivity contribution in [3.05, 3.63) is 34.9 Å². The zero-order chi connectivity index (χ0) is 18.1. The Morgan fingerprint density at radius 2 is 2.04 bits per heavy atom. The van der Waals surface area contributed by atoms with E-state index in [-0.39, 0.29) is 11.4 Å². The predicted molar refractivity (Wildman–Crippen MR) is 98.0 cm³/mol. The van der Waals surface area contributed by atoms with Gasteiger partial charge in [-0.25, -0.2) is 4.99 Å². The van der Waals surface area contributed by atoms with Crippen LogP contribution >= 0.6 is 0 Å². The van der Waals surface area contributed by atoms with Crippen LogP contribution in [-0.4, -0.2) is 35.0 Å². The first-order valence-corrected chi connectivity index (χ1v) is 8.09. The lowest BCUT2D eigenvalue weighted by molar-refractivity contribution is -0.114. The minimum atomic E-state index is -0.0793. The Balaban J connectivity index is 2.36. The Labute approximate surface area is 143 Å². The number of aromatic nitrogens is 2. The number of anilines is 1. The molecule has 6 heteroatoms. The van der Waals surface area contributed by atoms with E-state index in [1.807, 2.05) is 34.0 Å². The third-order valence-electron chi connectivity index (χ3n) is 4.41. The maximum atomic E-state index is 13.0. The number of rotatable bonds is 6. The second kappa shape index (κ2) is 6.63. The van der Waals surface area contributed by atoms with Gasteiger partial charge in [0.15, 0.2) is 0 Å². The Hall–Kier alpha value is -2.37. The first kappa shape index (κ1) is 18.0. The number of carbonyl (C=O) groups excluding carboxylic acids is 1. The van der Waals surface area contributed by atoms with Crippen molar-refractivity contribution in [1.29, 1.82) is 0 Å². The Morgan fingerprint density at radius 1 is 1.42 bits per heavy atom. The Kier molecular flexibility index (Phi) is 4.96. The van der Waals surface area contributed by atoms with E-state index >= 15 is 0 Å². The van der Waals surface area contributed by atoms with Crippen LogP contribution in [0.25, 0.3) is 0 Å².